The predicted octanol–water partition coefficient (Wildman–Crippen LogP) is 3.31. The molecule has 8 heteroatoms. The van der Waals surface area contributed by atoms with Gasteiger partial charge in [0.15, 0.2) is 0 Å². The van der Waals surface area contributed by atoms with E-state index in [0.717, 1.165) is 0 Å². The molecule has 0 spiro atoms. The highest BCUT2D eigenvalue weighted by Gasteiger charge is 2.20. The van der Waals surface area contributed by atoms with Gasteiger partial charge in [-0.2, -0.15) is 0 Å². The Hall–Kier alpha value is -1.31. The number of hydrogen-bond donors (Lipinski definition) is 1. The van der Waals surface area contributed by atoms with Crippen LogP contribution >= 0.6 is 27.5 Å². The molecular weight excluding hydrogens is 368 g/mol. The van der Waals surface area contributed by atoms with E-state index in [0.29, 0.717) is 15.3 Å². The summed E-state index contributed by atoms with van der Waals surface area (Å²) in [6, 6.07) is 7.54. The fourth-order valence-corrected chi connectivity index (χ4v) is 3.10. The molecule has 5 nitrogen and oxygen atoms in total. The van der Waals surface area contributed by atoms with Gasteiger partial charge in [-0.25, -0.2) is 13.4 Å². The molecule has 0 atom stereocenters. The summed E-state index contributed by atoms with van der Waals surface area (Å²) in [6.45, 7) is 0. The highest BCUT2D eigenvalue weighted by Crippen LogP contribution is 2.28. The van der Waals surface area contributed by atoms with E-state index in [1.807, 2.05) is 0 Å². The number of pyridine rings is 1. The number of benzene rings is 1. The molecule has 0 fully saturated rings. The van der Waals surface area contributed by atoms with Crippen molar-refractivity contribution >= 4 is 43.2 Å². The molecular formula is C12H10BrClN2O3S. The molecule has 1 aromatic heterocycles. The summed E-state index contributed by atoms with van der Waals surface area (Å²) in [5, 5.41) is 0.395. The molecule has 0 bridgehead atoms. The molecule has 0 aliphatic heterocycles. The minimum Gasteiger partial charge on any atom is -0.495 e. The van der Waals surface area contributed by atoms with Gasteiger partial charge in [0.2, 0.25) is 0 Å². The Morgan fingerprint density at radius 2 is 2.05 bits per heavy atom. The van der Waals surface area contributed by atoms with Gasteiger partial charge >= 0.3 is 0 Å². The Balaban J connectivity index is 2.38. The quantitative estimate of drug-likeness (QED) is 0.830. The lowest BCUT2D eigenvalue weighted by Crippen LogP contribution is -2.14. The second kappa shape index (κ2) is 5.99. The number of aromatic nitrogens is 1. The summed E-state index contributed by atoms with van der Waals surface area (Å²) in [5.41, 5.74) is 0.352. The van der Waals surface area contributed by atoms with E-state index >= 15 is 0 Å². The normalized spacial score (nSPS) is 11.2. The van der Waals surface area contributed by atoms with Crippen molar-refractivity contribution in [2.24, 2.45) is 0 Å². The zero-order valence-corrected chi connectivity index (χ0v) is 13.5. The van der Waals surface area contributed by atoms with Gasteiger partial charge in [-0.1, -0.05) is 11.6 Å². The lowest BCUT2D eigenvalue weighted by Gasteiger charge is -2.11. The maximum atomic E-state index is 12.3. The number of hydrogen-bond acceptors (Lipinski definition) is 4. The zero-order chi connectivity index (χ0) is 14.8. The van der Waals surface area contributed by atoms with Gasteiger partial charge < -0.3 is 4.74 Å². The summed E-state index contributed by atoms with van der Waals surface area (Å²) in [7, 11) is -2.39. The monoisotopic (exact) mass is 376 g/mol. The molecule has 1 N–H and O–H groups in total. The predicted molar refractivity (Wildman–Crippen MR) is 80.7 cm³/mol. The van der Waals surface area contributed by atoms with Gasteiger partial charge in [0.1, 0.15) is 15.2 Å². The molecule has 2 aromatic rings. The van der Waals surface area contributed by atoms with Crippen molar-refractivity contribution in [3.63, 3.8) is 0 Å². The molecule has 0 saturated carbocycles. The number of anilines is 1. The standard InChI is InChI=1S/C12H10BrClN2O3S/c1-19-10-6-8(14)2-4-11(10)20(17,18)16-9-3-5-12(13)15-7-9/h2-7,16H,1H3. The van der Waals surface area contributed by atoms with Crippen LogP contribution in [0.3, 0.4) is 0 Å². The molecule has 0 aliphatic carbocycles. The van der Waals surface area contributed by atoms with E-state index in [9.17, 15) is 8.42 Å². The van der Waals surface area contributed by atoms with Crippen LogP contribution in [0.2, 0.25) is 5.02 Å². The minimum atomic E-state index is -3.77. The number of ether oxygens (including phenoxy) is 1. The van der Waals surface area contributed by atoms with Gasteiger partial charge in [-0.3, -0.25) is 4.72 Å². The average Bonchev–Trinajstić information content (AvgIpc) is 2.40. The van der Waals surface area contributed by atoms with Gasteiger partial charge in [-0.15, -0.1) is 0 Å². The van der Waals surface area contributed by atoms with Crippen molar-refractivity contribution < 1.29 is 13.2 Å². The van der Waals surface area contributed by atoms with Gasteiger partial charge in [0.05, 0.1) is 19.0 Å². The van der Waals surface area contributed by atoms with Crippen LogP contribution in [0.25, 0.3) is 0 Å². The third-order valence-electron chi connectivity index (χ3n) is 2.39. The molecule has 0 saturated heterocycles. The van der Waals surface area contributed by atoms with E-state index in [1.165, 1.54) is 31.5 Å². The molecule has 0 aliphatic rings. The maximum absolute atomic E-state index is 12.3. The van der Waals surface area contributed by atoms with Gasteiger partial charge in [0, 0.05) is 11.1 Å². The van der Waals surface area contributed by atoms with Crippen LogP contribution in [0.15, 0.2) is 46.0 Å². The van der Waals surface area contributed by atoms with Crippen molar-refractivity contribution in [3.8, 4) is 5.75 Å². The van der Waals surface area contributed by atoms with Crippen LogP contribution in [0.1, 0.15) is 0 Å². The number of nitrogens with zero attached hydrogens (tertiary/aromatic N) is 1. The van der Waals surface area contributed by atoms with Crippen molar-refractivity contribution in [2.75, 3.05) is 11.8 Å². The molecule has 0 radical (unpaired) electrons. The lowest BCUT2D eigenvalue weighted by molar-refractivity contribution is 0.403. The highest BCUT2D eigenvalue weighted by atomic mass is 79.9. The summed E-state index contributed by atoms with van der Waals surface area (Å²) in [4.78, 5) is 3.96. The Labute approximate surface area is 130 Å². The Kier molecular flexibility index (Phi) is 4.52. The first kappa shape index (κ1) is 15.1. The topological polar surface area (TPSA) is 68.3 Å². The van der Waals surface area contributed by atoms with Crippen molar-refractivity contribution in [1.29, 1.82) is 0 Å². The molecule has 0 amide bonds. The first-order valence-corrected chi connectivity index (χ1v) is 8.06. The number of halogens is 2. The molecule has 0 unspecified atom stereocenters. The first-order valence-electron chi connectivity index (χ1n) is 5.40. The molecule has 20 heavy (non-hydrogen) atoms. The molecule has 1 aromatic carbocycles. The number of nitrogens with one attached hydrogen (secondary N) is 1. The van der Waals surface area contributed by atoms with Crippen molar-refractivity contribution in [2.45, 2.75) is 4.90 Å². The van der Waals surface area contributed by atoms with E-state index in [-0.39, 0.29) is 10.6 Å². The molecule has 1 heterocycles. The van der Waals surface area contributed by atoms with Crippen LogP contribution in [0, 0.1) is 0 Å². The zero-order valence-electron chi connectivity index (χ0n) is 10.3. The number of sulfonamides is 1. The third-order valence-corrected chi connectivity index (χ3v) is 4.52. The third kappa shape index (κ3) is 3.41. The van der Waals surface area contributed by atoms with E-state index < -0.39 is 10.0 Å². The van der Waals surface area contributed by atoms with Crippen LogP contribution in [0.4, 0.5) is 5.69 Å². The van der Waals surface area contributed by atoms with Gasteiger partial charge in [0.25, 0.3) is 10.0 Å². The highest BCUT2D eigenvalue weighted by molar-refractivity contribution is 9.10. The van der Waals surface area contributed by atoms with Crippen molar-refractivity contribution in [3.05, 3.63) is 46.2 Å². The second-order valence-corrected chi connectivity index (χ2v) is 6.67. The molecule has 2 rings (SSSR count). The maximum Gasteiger partial charge on any atom is 0.265 e. The summed E-state index contributed by atoms with van der Waals surface area (Å²) < 4.78 is 32.7. The second-order valence-electron chi connectivity index (χ2n) is 3.77. The summed E-state index contributed by atoms with van der Waals surface area (Å²) >= 11 is 8.99. The van der Waals surface area contributed by atoms with Crippen LogP contribution in [-0.2, 0) is 10.0 Å². The minimum absolute atomic E-state index is 0.00678. The van der Waals surface area contributed by atoms with E-state index in [2.05, 4.69) is 25.6 Å². The number of rotatable bonds is 4. The summed E-state index contributed by atoms with van der Waals surface area (Å²) in [5.74, 6) is 0.176. The fraction of sp³-hybridized carbons (Fsp3) is 0.0833. The smallest absolute Gasteiger partial charge is 0.265 e. The fourth-order valence-electron chi connectivity index (χ4n) is 1.51. The molecule has 106 valence electrons. The largest absolute Gasteiger partial charge is 0.495 e. The first-order chi connectivity index (χ1) is 9.42. The van der Waals surface area contributed by atoms with Crippen molar-refractivity contribution in [1.82, 2.24) is 4.98 Å². The number of methoxy groups -OCH3 is 1. The average molecular weight is 378 g/mol. The van der Waals surface area contributed by atoms with E-state index in [1.54, 1.807) is 12.1 Å². The SMILES string of the molecule is COc1cc(Cl)ccc1S(=O)(=O)Nc1ccc(Br)nc1. The van der Waals surface area contributed by atoms with Crippen LogP contribution in [-0.4, -0.2) is 20.5 Å². The van der Waals surface area contributed by atoms with Crippen LogP contribution in [0.5, 0.6) is 5.75 Å². The summed E-state index contributed by atoms with van der Waals surface area (Å²) in [6.07, 6.45) is 1.41. The lowest BCUT2D eigenvalue weighted by atomic mass is 10.3. The Bertz CT molecular complexity index is 720. The van der Waals surface area contributed by atoms with E-state index in [4.69, 9.17) is 16.3 Å². The Morgan fingerprint density at radius 3 is 2.65 bits per heavy atom. The van der Waals surface area contributed by atoms with Crippen LogP contribution < -0.4 is 9.46 Å². The Morgan fingerprint density at radius 1 is 1.30 bits per heavy atom. The van der Waals surface area contributed by atoms with Gasteiger partial charge in [-0.05, 0) is 40.2 Å².